The lowest BCUT2D eigenvalue weighted by Gasteiger charge is -2.32. The van der Waals surface area contributed by atoms with Gasteiger partial charge in [0, 0.05) is 21.9 Å². The number of nitrogens with zero attached hydrogens (tertiary/aromatic N) is 1. The quantitative estimate of drug-likeness (QED) is 0.218. The lowest BCUT2D eigenvalue weighted by atomic mass is 9.98. The molecule has 4 nitrogen and oxygen atoms in total. The number of hydrogen-bond acceptors (Lipinski definition) is 4. The maximum absolute atomic E-state index is 6.52. The van der Waals surface area contributed by atoms with E-state index in [9.17, 15) is 0 Å². The molecule has 8 aromatic rings. The third kappa shape index (κ3) is 4.55. The zero-order valence-electron chi connectivity index (χ0n) is 24.4. The number of benzene rings is 7. The second-order valence-corrected chi connectivity index (χ2v) is 11.7. The van der Waals surface area contributed by atoms with Crippen LogP contribution >= 0.6 is 0 Å². The molecule has 45 heavy (non-hydrogen) atoms. The fraction of sp³-hybridized carbons (Fsp3) is 0.0488. The van der Waals surface area contributed by atoms with E-state index in [1.807, 2.05) is 6.07 Å². The molecule has 9 rings (SSSR count). The van der Waals surface area contributed by atoms with E-state index in [2.05, 4.69) is 156 Å². The van der Waals surface area contributed by atoms with Gasteiger partial charge in [0.2, 0.25) is 0 Å². The smallest absolute Gasteiger partial charge is 0.136 e. The van der Waals surface area contributed by atoms with Crippen molar-refractivity contribution in [2.24, 2.45) is 4.99 Å². The normalized spacial score (nSPS) is 16.7. The van der Waals surface area contributed by atoms with Gasteiger partial charge in [0.1, 0.15) is 29.3 Å². The van der Waals surface area contributed by atoms with Crippen molar-refractivity contribution in [3.05, 3.63) is 168 Å². The van der Waals surface area contributed by atoms with Gasteiger partial charge >= 0.3 is 0 Å². The minimum absolute atomic E-state index is 0.196. The molecule has 0 bridgehead atoms. The summed E-state index contributed by atoms with van der Waals surface area (Å²) in [5.74, 6) is 0.862. The molecule has 2 heterocycles. The molecule has 1 aromatic heterocycles. The predicted molar refractivity (Wildman–Crippen MR) is 185 cm³/mol. The molecule has 2 atom stereocenters. The summed E-state index contributed by atoms with van der Waals surface area (Å²) in [7, 11) is 0. The Hall–Kier alpha value is -5.71. The maximum Gasteiger partial charge on any atom is 0.136 e. The molecular formula is C41H29N3O. The molecule has 214 valence electrons. The lowest BCUT2D eigenvalue weighted by Crippen LogP contribution is -2.45. The summed E-state index contributed by atoms with van der Waals surface area (Å²) in [6, 6.07) is 53.4. The highest BCUT2D eigenvalue weighted by molar-refractivity contribution is 6.08. The van der Waals surface area contributed by atoms with Gasteiger partial charge in [-0.15, -0.1) is 0 Å². The Labute approximate surface area is 260 Å². The first-order valence-electron chi connectivity index (χ1n) is 15.4. The van der Waals surface area contributed by atoms with Crippen LogP contribution in [0.3, 0.4) is 0 Å². The van der Waals surface area contributed by atoms with E-state index in [1.165, 1.54) is 27.1 Å². The van der Waals surface area contributed by atoms with Crippen molar-refractivity contribution in [2.75, 3.05) is 0 Å². The average Bonchev–Trinajstić information content (AvgIpc) is 3.49. The third-order valence-electron chi connectivity index (χ3n) is 8.92. The molecule has 1 aliphatic heterocycles. The molecule has 7 aromatic carbocycles. The van der Waals surface area contributed by atoms with E-state index in [0.29, 0.717) is 0 Å². The van der Waals surface area contributed by atoms with E-state index >= 15 is 0 Å². The number of amidine groups is 1. The van der Waals surface area contributed by atoms with Gasteiger partial charge in [-0.3, -0.25) is 5.32 Å². The predicted octanol–water partition coefficient (Wildman–Crippen LogP) is 9.90. The van der Waals surface area contributed by atoms with Crippen LogP contribution in [0.2, 0.25) is 0 Å². The van der Waals surface area contributed by atoms with Gasteiger partial charge in [0.05, 0.1) is 0 Å². The number of aliphatic imine (C=N–C) groups is 1. The maximum atomic E-state index is 6.52. The van der Waals surface area contributed by atoms with Crippen molar-refractivity contribution in [3.63, 3.8) is 0 Å². The highest BCUT2D eigenvalue weighted by Crippen LogP contribution is 2.38. The van der Waals surface area contributed by atoms with Crippen LogP contribution in [0.15, 0.2) is 161 Å². The van der Waals surface area contributed by atoms with Crippen LogP contribution in [-0.2, 0) is 0 Å². The second kappa shape index (κ2) is 10.5. The van der Waals surface area contributed by atoms with E-state index in [-0.39, 0.29) is 12.3 Å². The minimum atomic E-state index is -0.232. The number of furan rings is 1. The summed E-state index contributed by atoms with van der Waals surface area (Å²) >= 11 is 0. The van der Waals surface area contributed by atoms with Crippen molar-refractivity contribution in [2.45, 2.75) is 12.3 Å². The SMILES string of the molecule is c1ccc(C2=NC(c3ccc4ccccc4c3)NC(c3cccc4oc5cc(-c6ccc7ccccc7c6)ccc5c34)N2)cc1. The third-order valence-corrected chi connectivity index (χ3v) is 8.92. The zero-order chi connectivity index (χ0) is 29.7. The summed E-state index contributed by atoms with van der Waals surface area (Å²) < 4.78 is 6.52. The summed E-state index contributed by atoms with van der Waals surface area (Å²) in [6.45, 7) is 0. The largest absolute Gasteiger partial charge is 0.456 e. The monoisotopic (exact) mass is 579 g/mol. The molecule has 0 radical (unpaired) electrons. The molecule has 0 saturated carbocycles. The first kappa shape index (κ1) is 25.8. The Morgan fingerprint density at radius 3 is 2.02 bits per heavy atom. The molecule has 0 spiro atoms. The van der Waals surface area contributed by atoms with Crippen LogP contribution < -0.4 is 10.6 Å². The van der Waals surface area contributed by atoms with Gasteiger partial charge in [0.15, 0.2) is 0 Å². The molecule has 2 N–H and O–H groups in total. The Kier molecular flexibility index (Phi) is 6.00. The molecule has 0 fully saturated rings. The fourth-order valence-electron chi connectivity index (χ4n) is 6.65. The van der Waals surface area contributed by atoms with Crippen LogP contribution in [0.1, 0.15) is 29.0 Å². The Morgan fingerprint density at radius 1 is 0.511 bits per heavy atom. The number of fused-ring (bicyclic) bond motifs is 5. The van der Waals surface area contributed by atoms with Crippen LogP contribution in [0.4, 0.5) is 0 Å². The van der Waals surface area contributed by atoms with Crippen molar-refractivity contribution in [1.82, 2.24) is 10.6 Å². The van der Waals surface area contributed by atoms with Crippen LogP contribution in [-0.4, -0.2) is 5.84 Å². The molecule has 4 heteroatoms. The summed E-state index contributed by atoms with van der Waals surface area (Å²) in [6.07, 6.45) is -0.428. The molecule has 1 aliphatic rings. The Bertz CT molecular complexity index is 2410. The second-order valence-electron chi connectivity index (χ2n) is 11.7. The zero-order valence-corrected chi connectivity index (χ0v) is 24.4. The molecular weight excluding hydrogens is 550 g/mol. The molecule has 0 amide bonds. The highest BCUT2D eigenvalue weighted by Gasteiger charge is 2.28. The van der Waals surface area contributed by atoms with Crippen molar-refractivity contribution < 1.29 is 4.42 Å². The average molecular weight is 580 g/mol. The Balaban J connectivity index is 1.15. The van der Waals surface area contributed by atoms with E-state index < -0.39 is 0 Å². The lowest BCUT2D eigenvalue weighted by molar-refractivity contribution is 0.411. The fourth-order valence-corrected chi connectivity index (χ4v) is 6.65. The van der Waals surface area contributed by atoms with Crippen molar-refractivity contribution in [1.29, 1.82) is 0 Å². The van der Waals surface area contributed by atoms with Gasteiger partial charge in [-0.1, -0.05) is 121 Å². The number of nitrogens with one attached hydrogen (secondary N) is 2. The van der Waals surface area contributed by atoms with Gasteiger partial charge < -0.3 is 9.73 Å². The standard InChI is InChI=1S/C41H29N3O/c1-2-11-28(12-3-1)39-42-40(33-20-18-27-10-5-7-14-30(27)24-33)44-41(43-39)35-15-8-16-36-38(35)34-22-21-32(25-37(34)45-36)31-19-17-26-9-4-6-13-29(26)23-31/h1-25,40-41,44H,(H,42,43). The summed E-state index contributed by atoms with van der Waals surface area (Å²) in [4.78, 5) is 5.17. The van der Waals surface area contributed by atoms with E-state index in [1.54, 1.807) is 0 Å². The van der Waals surface area contributed by atoms with Gasteiger partial charge in [0.25, 0.3) is 0 Å². The van der Waals surface area contributed by atoms with E-state index in [0.717, 1.165) is 50.0 Å². The molecule has 2 unspecified atom stereocenters. The number of hydrogen-bond donors (Lipinski definition) is 2. The minimum Gasteiger partial charge on any atom is -0.456 e. The topological polar surface area (TPSA) is 49.6 Å². The van der Waals surface area contributed by atoms with E-state index in [4.69, 9.17) is 9.41 Å². The van der Waals surface area contributed by atoms with Gasteiger partial charge in [-0.2, -0.15) is 0 Å². The Morgan fingerprint density at radius 2 is 1.20 bits per heavy atom. The number of rotatable bonds is 4. The highest BCUT2D eigenvalue weighted by atomic mass is 16.3. The summed E-state index contributed by atoms with van der Waals surface area (Å²) in [5.41, 5.74) is 7.36. The first-order valence-corrected chi connectivity index (χ1v) is 15.4. The van der Waals surface area contributed by atoms with Crippen molar-refractivity contribution in [3.8, 4) is 11.1 Å². The van der Waals surface area contributed by atoms with Crippen molar-refractivity contribution >= 4 is 49.3 Å². The molecule has 0 saturated heterocycles. The summed E-state index contributed by atoms with van der Waals surface area (Å²) in [5, 5.41) is 14.6. The first-order chi connectivity index (χ1) is 22.3. The molecule has 0 aliphatic carbocycles. The van der Waals surface area contributed by atoms with Crippen LogP contribution in [0, 0.1) is 0 Å². The van der Waals surface area contributed by atoms with Crippen LogP contribution in [0.25, 0.3) is 54.6 Å². The van der Waals surface area contributed by atoms with Crippen LogP contribution in [0.5, 0.6) is 0 Å². The van der Waals surface area contributed by atoms with Gasteiger partial charge in [-0.05, 0) is 68.6 Å². The van der Waals surface area contributed by atoms with Gasteiger partial charge in [-0.25, -0.2) is 4.99 Å².